The van der Waals surface area contributed by atoms with Gasteiger partial charge >= 0.3 is 0 Å². The van der Waals surface area contributed by atoms with Crippen LogP contribution in [0.2, 0.25) is 0 Å². The van der Waals surface area contributed by atoms with E-state index in [9.17, 15) is 0 Å². The summed E-state index contributed by atoms with van der Waals surface area (Å²) in [4.78, 5) is 2.52. The second-order valence-corrected chi connectivity index (χ2v) is 7.03. The van der Waals surface area contributed by atoms with Crippen molar-refractivity contribution in [1.82, 2.24) is 13.6 Å². The van der Waals surface area contributed by atoms with Crippen molar-refractivity contribution in [2.24, 2.45) is 5.92 Å². The SMILES string of the molecule is N#Cc1cccc(C#CCOc2nsnc2[C@H]2CN3CCC[C@H]2C3)c1. The van der Waals surface area contributed by atoms with Crippen LogP contribution in [0.3, 0.4) is 0 Å². The predicted molar refractivity (Wildman–Crippen MR) is 95.3 cm³/mol. The highest BCUT2D eigenvalue weighted by Crippen LogP contribution is 2.40. The number of nitrogens with zero attached hydrogens (tertiary/aromatic N) is 4. The second-order valence-electron chi connectivity index (χ2n) is 6.51. The van der Waals surface area contributed by atoms with Gasteiger partial charge in [-0.15, -0.1) is 4.37 Å². The predicted octanol–water partition coefficient (Wildman–Crippen LogP) is 2.65. The van der Waals surface area contributed by atoms with Gasteiger partial charge in [0.1, 0.15) is 5.69 Å². The smallest absolute Gasteiger partial charge is 0.250 e. The molecule has 0 spiro atoms. The molecule has 3 heterocycles. The van der Waals surface area contributed by atoms with Gasteiger partial charge < -0.3 is 9.64 Å². The molecule has 126 valence electrons. The molecule has 3 atom stereocenters. The molecule has 1 unspecified atom stereocenters. The van der Waals surface area contributed by atoms with Gasteiger partial charge in [0, 0.05) is 24.6 Å². The fraction of sp³-hybridized carbons (Fsp3) is 0.421. The first-order chi connectivity index (χ1) is 12.3. The molecule has 6 heteroatoms. The maximum atomic E-state index is 8.92. The van der Waals surface area contributed by atoms with Crippen LogP contribution in [0.25, 0.3) is 0 Å². The standard InChI is InChI=1S/C19H18N4OS/c20-11-15-5-1-4-14(10-15)6-3-9-24-19-18(21-25-22-19)17-13-23-8-2-7-16(17)12-23/h1,4-5,10,16-17H,2,7-9,12-13H2/t16-,17-/m0/s1. The van der Waals surface area contributed by atoms with E-state index in [4.69, 9.17) is 10.00 Å². The molecule has 2 aliphatic heterocycles. The van der Waals surface area contributed by atoms with Crippen LogP contribution in [0, 0.1) is 29.1 Å². The molecule has 1 aromatic carbocycles. The summed E-state index contributed by atoms with van der Waals surface area (Å²) in [6, 6.07) is 9.38. The highest BCUT2D eigenvalue weighted by Gasteiger charge is 2.39. The van der Waals surface area contributed by atoms with Crippen LogP contribution in [0.1, 0.15) is 35.6 Å². The number of piperidine rings is 1. The van der Waals surface area contributed by atoms with Crippen LogP contribution in [0.5, 0.6) is 5.88 Å². The summed E-state index contributed by atoms with van der Waals surface area (Å²) in [5.41, 5.74) is 2.44. The lowest BCUT2D eigenvalue weighted by Crippen LogP contribution is -2.25. The van der Waals surface area contributed by atoms with Gasteiger partial charge in [0.25, 0.3) is 0 Å². The molecule has 0 radical (unpaired) electrons. The van der Waals surface area contributed by atoms with Gasteiger partial charge in [-0.05, 0) is 43.5 Å². The molecule has 0 amide bonds. The van der Waals surface area contributed by atoms with Crippen molar-refractivity contribution in [3.63, 3.8) is 0 Å². The number of fused-ring (bicyclic) bond motifs is 2. The average Bonchev–Trinajstić information content (AvgIpc) is 3.22. The van der Waals surface area contributed by atoms with Crippen LogP contribution < -0.4 is 4.74 Å². The number of benzene rings is 1. The number of hydrogen-bond donors (Lipinski definition) is 0. The molecule has 0 aliphatic carbocycles. The molecule has 25 heavy (non-hydrogen) atoms. The minimum absolute atomic E-state index is 0.274. The Balaban J connectivity index is 1.41. The van der Waals surface area contributed by atoms with Crippen molar-refractivity contribution in [1.29, 1.82) is 5.26 Å². The molecule has 2 bridgehead atoms. The third-order valence-corrected chi connectivity index (χ3v) is 5.43. The zero-order valence-corrected chi connectivity index (χ0v) is 14.6. The molecule has 0 N–H and O–H groups in total. The minimum atomic E-state index is 0.274. The van der Waals surface area contributed by atoms with Crippen LogP contribution in [0.15, 0.2) is 24.3 Å². The Kier molecular flexibility index (Phi) is 4.65. The van der Waals surface area contributed by atoms with Crippen LogP contribution in [0.4, 0.5) is 0 Å². The van der Waals surface area contributed by atoms with Crippen molar-refractivity contribution in [3.05, 3.63) is 41.1 Å². The fourth-order valence-electron chi connectivity index (χ4n) is 3.75. The maximum absolute atomic E-state index is 8.92. The molecule has 0 saturated carbocycles. The first kappa shape index (κ1) is 16.1. The largest absolute Gasteiger partial charge is 0.463 e. The summed E-state index contributed by atoms with van der Waals surface area (Å²) in [5, 5.41) is 8.92. The zero-order valence-electron chi connectivity index (χ0n) is 13.8. The van der Waals surface area contributed by atoms with Crippen molar-refractivity contribution in [2.75, 3.05) is 26.2 Å². The zero-order chi connectivity index (χ0) is 17.1. The fourth-order valence-corrected chi connectivity index (χ4v) is 4.31. The van der Waals surface area contributed by atoms with Crippen molar-refractivity contribution in [2.45, 2.75) is 18.8 Å². The topological polar surface area (TPSA) is 62.0 Å². The highest BCUT2D eigenvalue weighted by atomic mass is 32.1. The molecular formula is C19H18N4OS. The van der Waals surface area contributed by atoms with E-state index < -0.39 is 0 Å². The van der Waals surface area contributed by atoms with Crippen molar-refractivity contribution >= 4 is 11.7 Å². The number of nitriles is 1. The summed E-state index contributed by atoms with van der Waals surface area (Å²) in [5.74, 6) is 7.79. The molecule has 1 aromatic heterocycles. The van der Waals surface area contributed by atoms with Gasteiger partial charge in [0.2, 0.25) is 5.88 Å². The van der Waals surface area contributed by atoms with E-state index in [-0.39, 0.29) is 6.61 Å². The van der Waals surface area contributed by atoms with E-state index in [2.05, 4.69) is 31.6 Å². The number of rotatable bonds is 3. The van der Waals surface area contributed by atoms with Gasteiger partial charge in [-0.1, -0.05) is 17.9 Å². The summed E-state index contributed by atoms with van der Waals surface area (Å²) >= 11 is 1.22. The molecule has 2 fully saturated rings. The third kappa shape index (κ3) is 3.51. The normalized spacial score (nSPS) is 24.2. The first-order valence-corrected chi connectivity index (χ1v) is 9.23. The van der Waals surface area contributed by atoms with E-state index in [0.717, 1.165) is 17.8 Å². The number of hydrogen-bond acceptors (Lipinski definition) is 6. The molecule has 2 aliphatic rings. The third-order valence-electron chi connectivity index (χ3n) is 4.90. The molecular weight excluding hydrogens is 332 g/mol. The lowest BCUT2D eigenvalue weighted by Gasteiger charge is -2.21. The maximum Gasteiger partial charge on any atom is 0.250 e. The average molecular weight is 350 g/mol. The van der Waals surface area contributed by atoms with Gasteiger partial charge in [-0.25, -0.2) is 0 Å². The van der Waals surface area contributed by atoms with E-state index >= 15 is 0 Å². The molecule has 2 aromatic rings. The lowest BCUT2D eigenvalue weighted by atomic mass is 9.89. The van der Waals surface area contributed by atoms with Gasteiger partial charge in [0.15, 0.2) is 6.61 Å². The Morgan fingerprint density at radius 2 is 2.20 bits per heavy atom. The summed E-state index contributed by atoms with van der Waals surface area (Å²) < 4.78 is 14.6. The molecule has 2 saturated heterocycles. The van der Waals surface area contributed by atoms with Crippen LogP contribution >= 0.6 is 11.7 Å². The van der Waals surface area contributed by atoms with Gasteiger partial charge in [0.05, 0.1) is 23.4 Å². The quantitative estimate of drug-likeness (QED) is 0.797. The van der Waals surface area contributed by atoms with E-state index in [1.54, 1.807) is 12.1 Å². The Bertz CT molecular complexity index is 860. The number of ether oxygens (including phenoxy) is 1. The van der Waals surface area contributed by atoms with Crippen molar-refractivity contribution < 1.29 is 4.74 Å². The monoisotopic (exact) mass is 350 g/mol. The van der Waals surface area contributed by atoms with E-state index in [1.165, 1.54) is 37.7 Å². The Morgan fingerprint density at radius 3 is 3.08 bits per heavy atom. The molecule has 5 nitrogen and oxygen atoms in total. The summed E-state index contributed by atoms with van der Waals surface area (Å²) in [7, 11) is 0. The Morgan fingerprint density at radius 1 is 1.28 bits per heavy atom. The van der Waals surface area contributed by atoms with E-state index in [1.807, 2.05) is 12.1 Å². The Labute approximate surface area is 151 Å². The van der Waals surface area contributed by atoms with Crippen LogP contribution in [-0.2, 0) is 0 Å². The van der Waals surface area contributed by atoms with Gasteiger partial charge in [-0.3, -0.25) is 0 Å². The van der Waals surface area contributed by atoms with Crippen LogP contribution in [-0.4, -0.2) is 39.9 Å². The number of aromatic nitrogens is 2. The van der Waals surface area contributed by atoms with Gasteiger partial charge in [-0.2, -0.15) is 9.64 Å². The van der Waals surface area contributed by atoms with Crippen molar-refractivity contribution in [3.8, 4) is 23.8 Å². The first-order valence-electron chi connectivity index (χ1n) is 8.50. The summed E-state index contributed by atoms with van der Waals surface area (Å²) in [6.07, 6.45) is 2.55. The molecule has 4 rings (SSSR count). The van der Waals surface area contributed by atoms with E-state index in [0.29, 0.717) is 23.3 Å². The minimum Gasteiger partial charge on any atom is -0.463 e. The second kappa shape index (κ2) is 7.23. The Hall–Kier alpha value is -2.41. The lowest BCUT2D eigenvalue weighted by molar-refractivity contribution is 0.269. The highest BCUT2D eigenvalue weighted by molar-refractivity contribution is 6.99. The summed E-state index contributed by atoms with van der Waals surface area (Å²) in [6.45, 7) is 3.72.